The van der Waals surface area contributed by atoms with Gasteiger partial charge in [-0.15, -0.1) is 0 Å². The summed E-state index contributed by atoms with van der Waals surface area (Å²) in [5, 5.41) is 7.08. The molecule has 2 fully saturated rings. The van der Waals surface area contributed by atoms with Crippen LogP contribution in [0.4, 0.5) is 4.79 Å². The second-order valence-corrected chi connectivity index (χ2v) is 7.54. The van der Waals surface area contributed by atoms with Crippen LogP contribution in [0.25, 0.3) is 0 Å². The molecule has 1 N–H and O–H groups in total. The molecule has 0 aromatic carbocycles. The number of urea groups is 1. The molecule has 0 aliphatic heterocycles. The first-order valence-corrected chi connectivity index (χ1v) is 9.39. The first-order valence-electron chi connectivity index (χ1n) is 9.39. The van der Waals surface area contributed by atoms with Gasteiger partial charge in [-0.3, -0.25) is 0 Å². The van der Waals surface area contributed by atoms with Crippen molar-refractivity contribution in [2.24, 2.45) is 11.3 Å². The summed E-state index contributed by atoms with van der Waals surface area (Å²) >= 11 is 0. The second kappa shape index (κ2) is 7.11. The number of carbonyl (C=O) groups excluding carboxylic acids is 1. The number of rotatable bonds is 7. The molecule has 6 heteroatoms. The largest absolute Gasteiger partial charge is 0.339 e. The fourth-order valence-corrected chi connectivity index (χ4v) is 4.14. The second-order valence-electron chi connectivity index (χ2n) is 7.54. The number of carbonyl (C=O) groups is 1. The first kappa shape index (κ1) is 17.2. The van der Waals surface area contributed by atoms with E-state index in [1.807, 2.05) is 0 Å². The van der Waals surface area contributed by atoms with E-state index in [1.54, 1.807) is 11.9 Å². The normalized spacial score (nSPS) is 22.5. The molecule has 134 valence electrons. The molecule has 0 bridgehead atoms. The van der Waals surface area contributed by atoms with Gasteiger partial charge in [0.25, 0.3) is 0 Å². The van der Waals surface area contributed by atoms with E-state index in [0.717, 1.165) is 25.3 Å². The van der Waals surface area contributed by atoms with Gasteiger partial charge < -0.3 is 14.7 Å². The van der Waals surface area contributed by atoms with Gasteiger partial charge in [-0.2, -0.15) is 4.98 Å². The number of nitrogens with one attached hydrogen (secondary N) is 1. The zero-order chi connectivity index (χ0) is 17.2. The number of hydrogen-bond acceptors (Lipinski definition) is 4. The topological polar surface area (TPSA) is 71.3 Å². The molecule has 0 radical (unpaired) electrons. The van der Waals surface area contributed by atoms with Gasteiger partial charge in [0.2, 0.25) is 5.89 Å². The summed E-state index contributed by atoms with van der Waals surface area (Å²) in [5.41, 5.74) is 0.468. The minimum Gasteiger partial charge on any atom is -0.339 e. The van der Waals surface area contributed by atoms with Crippen LogP contribution in [0.5, 0.6) is 0 Å². The zero-order valence-electron chi connectivity index (χ0n) is 15.2. The van der Waals surface area contributed by atoms with Crippen molar-refractivity contribution in [2.75, 3.05) is 13.6 Å². The highest BCUT2D eigenvalue weighted by molar-refractivity contribution is 5.73. The summed E-state index contributed by atoms with van der Waals surface area (Å²) < 4.78 is 5.37. The average molecular weight is 334 g/mol. The summed E-state index contributed by atoms with van der Waals surface area (Å²) in [7, 11) is 1.78. The third-order valence-electron chi connectivity index (χ3n) is 6.18. The predicted octanol–water partition coefficient (Wildman–Crippen LogP) is 3.69. The van der Waals surface area contributed by atoms with E-state index in [1.165, 1.54) is 32.1 Å². The average Bonchev–Trinajstić information content (AvgIpc) is 2.97. The minimum absolute atomic E-state index is 0.0600. The van der Waals surface area contributed by atoms with Gasteiger partial charge >= 0.3 is 6.03 Å². The Morgan fingerprint density at radius 3 is 2.67 bits per heavy atom. The van der Waals surface area contributed by atoms with Gasteiger partial charge in [0.05, 0.1) is 6.54 Å². The number of hydrogen-bond donors (Lipinski definition) is 1. The molecular weight excluding hydrogens is 304 g/mol. The first-order chi connectivity index (χ1) is 11.6. The Kier molecular flexibility index (Phi) is 5.11. The van der Waals surface area contributed by atoms with E-state index in [2.05, 4.69) is 29.3 Å². The van der Waals surface area contributed by atoms with Gasteiger partial charge in [-0.05, 0) is 30.6 Å². The Balaban J connectivity index is 1.44. The molecular formula is C18H30N4O2. The lowest BCUT2D eigenvalue weighted by molar-refractivity contribution is 0.204. The fraction of sp³-hybridized carbons (Fsp3) is 0.833. The monoisotopic (exact) mass is 334 g/mol. The smallest absolute Gasteiger partial charge is 0.317 e. The van der Waals surface area contributed by atoms with Crippen molar-refractivity contribution in [1.82, 2.24) is 20.4 Å². The van der Waals surface area contributed by atoms with Crippen molar-refractivity contribution >= 4 is 6.03 Å². The van der Waals surface area contributed by atoms with Gasteiger partial charge in [-0.25, -0.2) is 4.79 Å². The van der Waals surface area contributed by atoms with Gasteiger partial charge in [0, 0.05) is 19.5 Å². The van der Waals surface area contributed by atoms with Crippen molar-refractivity contribution in [3.63, 3.8) is 0 Å². The van der Waals surface area contributed by atoms with Crippen molar-refractivity contribution in [3.05, 3.63) is 11.7 Å². The van der Waals surface area contributed by atoms with E-state index in [0.29, 0.717) is 29.6 Å². The van der Waals surface area contributed by atoms with Crippen LogP contribution in [0.2, 0.25) is 0 Å². The van der Waals surface area contributed by atoms with Crippen LogP contribution in [-0.4, -0.2) is 34.7 Å². The third-order valence-corrected chi connectivity index (χ3v) is 6.18. The Hall–Kier alpha value is -1.59. The molecule has 6 nitrogen and oxygen atoms in total. The molecule has 3 rings (SSSR count). The van der Waals surface area contributed by atoms with Crippen LogP contribution in [0.1, 0.15) is 76.4 Å². The van der Waals surface area contributed by atoms with E-state index in [-0.39, 0.29) is 6.03 Å². The van der Waals surface area contributed by atoms with Gasteiger partial charge in [-0.1, -0.05) is 44.7 Å². The molecule has 1 aromatic rings. The predicted molar refractivity (Wildman–Crippen MR) is 91.5 cm³/mol. The molecule has 0 unspecified atom stereocenters. The summed E-state index contributed by atoms with van der Waals surface area (Å²) in [6.07, 6.45) is 8.39. The maximum absolute atomic E-state index is 12.3. The molecule has 2 amide bonds. The molecule has 1 atom stereocenters. The van der Waals surface area contributed by atoms with Crippen LogP contribution in [0.3, 0.4) is 0 Å². The lowest BCUT2D eigenvalue weighted by Crippen LogP contribution is -2.38. The van der Waals surface area contributed by atoms with Gasteiger partial charge in [0.15, 0.2) is 5.82 Å². The molecule has 1 heterocycles. The third kappa shape index (κ3) is 3.57. The Labute approximate surface area is 144 Å². The highest BCUT2D eigenvalue weighted by Gasteiger charge is 2.50. The van der Waals surface area contributed by atoms with Crippen LogP contribution < -0.4 is 5.32 Å². The highest BCUT2D eigenvalue weighted by Crippen LogP contribution is 2.57. The Morgan fingerprint density at radius 1 is 1.33 bits per heavy atom. The molecule has 1 aromatic heterocycles. The lowest BCUT2D eigenvalue weighted by Gasteiger charge is -2.17. The van der Waals surface area contributed by atoms with Crippen LogP contribution in [0.15, 0.2) is 4.52 Å². The van der Waals surface area contributed by atoms with Crippen molar-refractivity contribution in [3.8, 4) is 0 Å². The summed E-state index contributed by atoms with van der Waals surface area (Å²) in [4.78, 5) is 18.4. The SMILES string of the molecule is CCC1(CC)C[C@@H]1CNC(=O)N(C)Cc1noc(C2CCCC2)n1. The fourth-order valence-electron chi connectivity index (χ4n) is 4.14. The van der Waals surface area contributed by atoms with E-state index >= 15 is 0 Å². The highest BCUT2D eigenvalue weighted by atomic mass is 16.5. The van der Waals surface area contributed by atoms with E-state index in [4.69, 9.17) is 4.52 Å². The lowest BCUT2D eigenvalue weighted by atomic mass is 9.97. The van der Waals surface area contributed by atoms with Gasteiger partial charge in [0.1, 0.15) is 0 Å². The minimum atomic E-state index is -0.0600. The van der Waals surface area contributed by atoms with E-state index in [9.17, 15) is 4.79 Å². The molecule has 2 aliphatic carbocycles. The number of amides is 2. The molecule has 2 aliphatic rings. The summed E-state index contributed by atoms with van der Waals surface area (Å²) in [5.74, 6) is 2.38. The standard InChI is InChI=1S/C18H30N4O2/c1-4-18(5-2)10-14(18)11-19-17(23)22(3)12-15-20-16(24-21-15)13-8-6-7-9-13/h13-14H,4-12H2,1-3H3,(H,19,23)/t14-/m1/s1. The Bertz CT molecular complexity index is 561. The molecule has 24 heavy (non-hydrogen) atoms. The van der Waals surface area contributed by atoms with Crippen LogP contribution in [0, 0.1) is 11.3 Å². The maximum atomic E-state index is 12.3. The summed E-state index contributed by atoms with van der Waals surface area (Å²) in [6.45, 7) is 5.65. The van der Waals surface area contributed by atoms with Crippen molar-refractivity contribution in [2.45, 2.75) is 71.3 Å². The number of nitrogens with zero attached hydrogens (tertiary/aromatic N) is 3. The number of aromatic nitrogens is 2. The molecule has 2 saturated carbocycles. The molecule has 0 saturated heterocycles. The zero-order valence-corrected chi connectivity index (χ0v) is 15.2. The quantitative estimate of drug-likeness (QED) is 0.825. The van der Waals surface area contributed by atoms with E-state index < -0.39 is 0 Å². The van der Waals surface area contributed by atoms with Crippen molar-refractivity contribution < 1.29 is 9.32 Å². The van der Waals surface area contributed by atoms with Crippen LogP contribution >= 0.6 is 0 Å². The van der Waals surface area contributed by atoms with Crippen molar-refractivity contribution in [1.29, 1.82) is 0 Å². The van der Waals surface area contributed by atoms with Crippen LogP contribution in [-0.2, 0) is 6.54 Å². The Morgan fingerprint density at radius 2 is 2.04 bits per heavy atom. The maximum Gasteiger partial charge on any atom is 0.317 e. The summed E-state index contributed by atoms with van der Waals surface area (Å²) in [6, 6.07) is -0.0600. The molecule has 0 spiro atoms.